The third kappa shape index (κ3) is 2.10. The summed E-state index contributed by atoms with van der Waals surface area (Å²) in [6, 6.07) is 4.10. The van der Waals surface area contributed by atoms with E-state index in [2.05, 4.69) is 0 Å². The summed E-state index contributed by atoms with van der Waals surface area (Å²) in [5, 5.41) is 0.630. The van der Waals surface area contributed by atoms with Gasteiger partial charge in [0.1, 0.15) is 5.75 Å². The molecule has 1 saturated carbocycles. The first-order valence-corrected chi connectivity index (χ1v) is 7.26. The summed E-state index contributed by atoms with van der Waals surface area (Å²) >= 11 is 6.08. The molecule has 0 bridgehead atoms. The molecule has 3 nitrogen and oxygen atoms in total. The van der Waals surface area contributed by atoms with Gasteiger partial charge in [0.15, 0.2) is 0 Å². The van der Waals surface area contributed by atoms with Gasteiger partial charge < -0.3 is 9.64 Å². The molecule has 4 heteroatoms. The van der Waals surface area contributed by atoms with E-state index in [0.29, 0.717) is 16.8 Å². The molecule has 0 spiro atoms. The molecule has 1 aliphatic carbocycles. The molecular weight excluding hydrogens is 274 g/mol. The Bertz CT molecular complexity index is 617. The summed E-state index contributed by atoms with van der Waals surface area (Å²) in [7, 11) is 1.61. The monoisotopic (exact) mass is 291 g/mol. The largest absolute Gasteiger partial charge is 0.496 e. The highest BCUT2D eigenvalue weighted by molar-refractivity contribution is 6.31. The molecule has 1 fully saturated rings. The van der Waals surface area contributed by atoms with Gasteiger partial charge in [0.25, 0.3) is 5.91 Å². The molecule has 106 valence electrons. The van der Waals surface area contributed by atoms with Gasteiger partial charge in [-0.3, -0.25) is 4.79 Å². The number of halogens is 1. The van der Waals surface area contributed by atoms with Crippen LogP contribution < -0.4 is 4.74 Å². The Balaban J connectivity index is 2.08. The molecule has 0 N–H and O–H groups in total. The van der Waals surface area contributed by atoms with E-state index in [0.717, 1.165) is 41.7 Å². The van der Waals surface area contributed by atoms with Crippen molar-refractivity contribution in [3.63, 3.8) is 0 Å². The normalized spacial score (nSPS) is 19.0. The maximum atomic E-state index is 12.7. The van der Waals surface area contributed by atoms with Gasteiger partial charge in [0.2, 0.25) is 0 Å². The van der Waals surface area contributed by atoms with E-state index >= 15 is 0 Å². The molecule has 1 heterocycles. The van der Waals surface area contributed by atoms with Crippen LogP contribution in [0.25, 0.3) is 5.57 Å². The minimum Gasteiger partial charge on any atom is -0.496 e. The van der Waals surface area contributed by atoms with Crippen molar-refractivity contribution in [3.05, 3.63) is 33.9 Å². The summed E-state index contributed by atoms with van der Waals surface area (Å²) < 4.78 is 5.44. The van der Waals surface area contributed by atoms with Crippen molar-refractivity contribution in [1.82, 2.24) is 4.90 Å². The van der Waals surface area contributed by atoms with Crippen LogP contribution in [0.15, 0.2) is 17.7 Å². The number of aryl methyl sites for hydroxylation is 1. The first kappa shape index (κ1) is 13.5. The van der Waals surface area contributed by atoms with E-state index in [1.807, 2.05) is 24.8 Å². The zero-order valence-electron chi connectivity index (χ0n) is 12.0. The van der Waals surface area contributed by atoms with E-state index in [9.17, 15) is 4.79 Å². The van der Waals surface area contributed by atoms with Gasteiger partial charge in [-0.15, -0.1) is 0 Å². The lowest BCUT2D eigenvalue weighted by Gasteiger charge is -2.17. The van der Waals surface area contributed by atoms with Gasteiger partial charge >= 0.3 is 0 Å². The first-order valence-electron chi connectivity index (χ1n) is 6.88. The highest BCUT2D eigenvalue weighted by atomic mass is 35.5. The molecule has 1 aliphatic heterocycles. The van der Waals surface area contributed by atoms with E-state index < -0.39 is 0 Å². The SMILES string of the molecule is COc1cc(Cl)cc(C)c1C1=C(C)CN(C2CC2)C1=O. The number of amides is 1. The Morgan fingerprint density at radius 3 is 2.60 bits per heavy atom. The molecule has 1 aromatic rings. The average Bonchev–Trinajstić information content (AvgIpc) is 3.18. The van der Waals surface area contributed by atoms with E-state index in [-0.39, 0.29) is 5.91 Å². The van der Waals surface area contributed by atoms with Crippen LogP contribution >= 0.6 is 11.6 Å². The third-order valence-electron chi connectivity index (χ3n) is 4.03. The number of benzene rings is 1. The third-order valence-corrected chi connectivity index (χ3v) is 4.25. The molecule has 0 atom stereocenters. The van der Waals surface area contributed by atoms with Gasteiger partial charge in [-0.25, -0.2) is 0 Å². The smallest absolute Gasteiger partial charge is 0.255 e. The number of ether oxygens (including phenoxy) is 1. The topological polar surface area (TPSA) is 29.5 Å². The lowest BCUT2D eigenvalue weighted by atomic mass is 9.97. The number of rotatable bonds is 3. The molecule has 20 heavy (non-hydrogen) atoms. The average molecular weight is 292 g/mol. The predicted molar refractivity (Wildman–Crippen MR) is 80.1 cm³/mol. The van der Waals surface area contributed by atoms with Crippen LogP contribution in [0, 0.1) is 6.92 Å². The summed E-state index contributed by atoms with van der Waals surface area (Å²) in [6.07, 6.45) is 2.26. The number of hydrogen-bond acceptors (Lipinski definition) is 2. The Kier molecular flexibility index (Phi) is 3.25. The van der Waals surface area contributed by atoms with Crippen molar-refractivity contribution in [2.75, 3.05) is 13.7 Å². The second kappa shape index (κ2) is 4.81. The second-order valence-corrected chi connectivity index (χ2v) is 6.06. The lowest BCUT2D eigenvalue weighted by molar-refractivity contribution is -0.124. The van der Waals surface area contributed by atoms with Crippen molar-refractivity contribution in [3.8, 4) is 5.75 Å². The fourth-order valence-corrected chi connectivity index (χ4v) is 3.19. The molecule has 0 unspecified atom stereocenters. The van der Waals surface area contributed by atoms with Gasteiger partial charge in [-0.05, 0) is 50.0 Å². The van der Waals surface area contributed by atoms with Crippen LogP contribution in [0.2, 0.25) is 5.02 Å². The molecule has 3 rings (SSSR count). The number of carbonyl (C=O) groups is 1. The van der Waals surface area contributed by atoms with Crippen molar-refractivity contribution in [1.29, 1.82) is 0 Å². The highest BCUT2D eigenvalue weighted by Gasteiger charge is 2.40. The Morgan fingerprint density at radius 1 is 1.30 bits per heavy atom. The summed E-state index contributed by atoms with van der Waals surface area (Å²) in [5.41, 5.74) is 3.78. The van der Waals surface area contributed by atoms with Gasteiger partial charge in [0.05, 0.1) is 12.7 Å². The van der Waals surface area contributed by atoms with Crippen LogP contribution in [0.5, 0.6) is 5.75 Å². The zero-order chi connectivity index (χ0) is 14.4. The van der Waals surface area contributed by atoms with Crippen molar-refractivity contribution >= 4 is 23.1 Å². The van der Waals surface area contributed by atoms with Crippen LogP contribution in [0.1, 0.15) is 30.9 Å². The molecule has 1 aromatic carbocycles. The molecule has 0 aromatic heterocycles. The quantitative estimate of drug-likeness (QED) is 0.854. The lowest BCUT2D eigenvalue weighted by Crippen LogP contribution is -2.29. The molecule has 1 amide bonds. The molecule has 2 aliphatic rings. The predicted octanol–water partition coefficient (Wildman–Crippen LogP) is 3.44. The van der Waals surface area contributed by atoms with Crippen molar-refractivity contribution in [2.24, 2.45) is 0 Å². The fourth-order valence-electron chi connectivity index (χ4n) is 2.93. The van der Waals surface area contributed by atoms with Crippen LogP contribution in [-0.2, 0) is 4.79 Å². The zero-order valence-corrected chi connectivity index (χ0v) is 12.8. The van der Waals surface area contributed by atoms with E-state index in [1.165, 1.54) is 0 Å². The number of carbonyl (C=O) groups excluding carboxylic acids is 1. The van der Waals surface area contributed by atoms with Crippen molar-refractivity contribution in [2.45, 2.75) is 32.7 Å². The maximum absolute atomic E-state index is 12.7. The fraction of sp³-hybridized carbons (Fsp3) is 0.438. The Hall–Kier alpha value is -1.48. The van der Waals surface area contributed by atoms with E-state index in [1.54, 1.807) is 13.2 Å². The minimum atomic E-state index is 0.133. The summed E-state index contributed by atoms with van der Waals surface area (Å²) in [6.45, 7) is 4.74. The maximum Gasteiger partial charge on any atom is 0.255 e. The number of nitrogens with zero attached hydrogens (tertiary/aromatic N) is 1. The van der Waals surface area contributed by atoms with Gasteiger partial charge in [-0.2, -0.15) is 0 Å². The molecule has 0 radical (unpaired) electrons. The second-order valence-electron chi connectivity index (χ2n) is 5.62. The van der Waals surface area contributed by atoms with E-state index in [4.69, 9.17) is 16.3 Å². The van der Waals surface area contributed by atoms with Crippen LogP contribution in [0.4, 0.5) is 0 Å². The highest BCUT2D eigenvalue weighted by Crippen LogP contribution is 2.41. The van der Waals surface area contributed by atoms with Gasteiger partial charge in [0, 0.05) is 23.2 Å². The Labute approximate surface area is 124 Å². The summed E-state index contributed by atoms with van der Waals surface area (Å²) in [5.74, 6) is 0.809. The van der Waals surface area contributed by atoms with Crippen LogP contribution in [0.3, 0.4) is 0 Å². The summed E-state index contributed by atoms with van der Waals surface area (Å²) in [4.78, 5) is 14.7. The number of hydrogen-bond donors (Lipinski definition) is 0. The molecule has 0 saturated heterocycles. The van der Waals surface area contributed by atoms with Gasteiger partial charge in [-0.1, -0.05) is 11.6 Å². The van der Waals surface area contributed by atoms with Crippen LogP contribution in [-0.4, -0.2) is 30.5 Å². The first-order chi connectivity index (χ1) is 9.52. The van der Waals surface area contributed by atoms with Crippen molar-refractivity contribution < 1.29 is 9.53 Å². The standard InChI is InChI=1S/C16H18ClNO2/c1-9-6-11(17)7-13(20-3)14(9)15-10(2)8-18(16(15)19)12-4-5-12/h6-7,12H,4-5,8H2,1-3H3. The molecular formula is C16H18ClNO2. The Morgan fingerprint density at radius 2 is 2.00 bits per heavy atom. The number of methoxy groups -OCH3 is 1. The minimum absolute atomic E-state index is 0.133.